The number of rotatable bonds is 4. The van der Waals surface area contributed by atoms with Crippen molar-refractivity contribution in [1.82, 2.24) is 0 Å². The maximum Gasteiger partial charge on any atom is -0.00833 e. The van der Waals surface area contributed by atoms with Crippen LogP contribution in [0.1, 0.15) is 34.1 Å². The lowest BCUT2D eigenvalue weighted by Gasteiger charge is -2.35. The highest BCUT2D eigenvalue weighted by molar-refractivity contribution is 8.32. The van der Waals surface area contributed by atoms with Crippen molar-refractivity contribution in [2.24, 2.45) is 33.9 Å². The molecular weight excluding hydrogens is 272 g/mol. The summed E-state index contributed by atoms with van der Waals surface area (Å²) >= 11 is 0. The Morgan fingerprint density at radius 3 is 1.21 bits per heavy atom. The molecule has 0 aliphatic carbocycles. The van der Waals surface area contributed by atoms with Gasteiger partial charge in [0.1, 0.15) is 0 Å². The molecule has 2 fully saturated rings. The third kappa shape index (κ3) is 3.84. The first-order chi connectivity index (χ1) is 8.73. The van der Waals surface area contributed by atoms with Crippen LogP contribution in [-0.2, 0) is 0 Å². The highest BCUT2D eigenvalue weighted by Crippen LogP contribution is 2.55. The molecule has 2 nitrogen and oxygen atoms in total. The van der Waals surface area contributed by atoms with Gasteiger partial charge in [-0.2, -0.15) is 20.4 Å². The molecular formula is C15H34N2S2. The number of hydrogen-bond donors (Lipinski definition) is 2. The lowest BCUT2D eigenvalue weighted by Crippen LogP contribution is -2.22. The lowest BCUT2D eigenvalue weighted by atomic mass is 10.0. The molecule has 2 saturated heterocycles. The highest BCUT2D eigenvalue weighted by atomic mass is 32.3. The van der Waals surface area contributed by atoms with Crippen LogP contribution in [0.15, 0.2) is 0 Å². The van der Waals surface area contributed by atoms with Crippen LogP contribution >= 0.6 is 20.4 Å². The highest BCUT2D eigenvalue weighted by Gasteiger charge is 2.36. The van der Waals surface area contributed by atoms with Crippen molar-refractivity contribution in [3.8, 4) is 0 Å². The molecule has 19 heavy (non-hydrogen) atoms. The zero-order chi connectivity index (χ0) is 14.3. The van der Waals surface area contributed by atoms with E-state index in [0.29, 0.717) is 0 Å². The van der Waals surface area contributed by atoms with Crippen molar-refractivity contribution in [2.75, 3.05) is 34.5 Å². The first-order valence-corrected chi connectivity index (χ1v) is 12.2. The zero-order valence-corrected chi connectivity index (χ0v) is 14.9. The molecule has 2 aliphatic rings. The van der Waals surface area contributed by atoms with Crippen molar-refractivity contribution >= 4 is 20.4 Å². The quantitative estimate of drug-likeness (QED) is 0.837. The van der Waals surface area contributed by atoms with Gasteiger partial charge in [0.2, 0.25) is 0 Å². The van der Waals surface area contributed by atoms with Gasteiger partial charge in [0, 0.05) is 0 Å². The minimum Gasteiger partial charge on any atom is -0.294 e. The van der Waals surface area contributed by atoms with Crippen molar-refractivity contribution in [2.45, 2.75) is 34.1 Å². The topological polar surface area (TPSA) is 52.0 Å². The van der Waals surface area contributed by atoms with E-state index in [9.17, 15) is 0 Å². The normalized spacial score (nSPS) is 57.6. The molecule has 0 aromatic carbocycles. The van der Waals surface area contributed by atoms with E-state index in [-0.39, 0.29) is 0 Å². The second-order valence-corrected chi connectivity index (χ2v) is 14.2. The fourth-order valence-electron chi connectivity index (χ4n) is 3.85. The van der Waals surface area contributed by atoms with Gasteiger partial charge in [0.15, 0.2) is 0 Å². The fraction of sp³-hybridized carbons (Fsp3) is 1.00. The molecule has 4 N–H and O–H groups in total. The Hall–Kier alpha value is 0.620. The Morgan fingerprint density at radius 2 is 0.947 bits per heavy atom. The van der Waals surface area contributed by atoms with Crippen LogP contribution in [0, 0.1) is 23.7 Å². The maximum atomic E-state index is 6.67. The average molecular weight is 307 g/mol. The predicted octanol–water partition coefficient (Wildman–Crippen LogP) is 3.30. The molecule has 4 atom stereocenters. The molecule has 0 saturated carbocycles. The largest absolute Gasteiger partial charge is 0.294 e. The summed E-state index contributed by atoms with van der Waals surface area (Å²) in [7, 11) is -1.58. The minimum absolute atomic E-state index is 0.790. The van der Waals surface area contributed by atoms with E-state index >= 15 is 0 Å². The van der Waals surface area contributed by atoms with Gasteiger partial charge in [-0.3, -0.25) is 10.3 Å². The molecule has 2 heterocycles. The van der Waals surface area contributed by atoms with E-state index in [1.165, 1.54) is 40.9 Å². The Balaban J connectivity index is 1.78. The van der Waals surface area contributed by atoms with Crippen molar-refractivity contribution in [1.29, 1.82) is 0 Å². The molecule has 2 aliphatic heterocycles. The third-order valence-corrected chi connectivity index (χ3v) is 12.4. The molecule has 0 aromatic rings. The molecule has 0 spiro atoms. The zero-order valence-electron chi connectivity index (χ0n) is 13.2. The van der Waals surface area contributed by atoms with Crippen molar-refractivity contribution in [3.05, 3.63) is 0 Å². The van der Waals surface area contributed by atoms with Gasteiger partial charge < -0.3 is 0 Å². The van der Waals surface area contributed by atoms with E-state index in [1.807, 2.05) is 0 Å². The van der Waals surface area contributed by atoms with Crippen molar-refractivity contribution < 1.29 is 0 Å². The van der Waals surface area contributed by atoms with Gasteiger partial charge in [-0.15, -0.1) is 0 Å². The summed E-state index contributed by atoms with van der Waals surface area (Å²) in [6.45, 7) is 9.51. The van der Waals surface area contributed by atoms with Crippen LogP contribution in [-0.4, -0.2) is 34.5 Å². The summed E-state index contributed by atoms with van der Waals surface area (Å²) in [5, 5.41) is 13.3. The van der Waals surface area contributed by atoms with E-state index in [1.54, 1.807) is 0 Å². The lowest BCUT2D eigenvalue weighted by molar-refractivity contribution is 0.494. The summed E-state index contributed by atoms with van der Waals surface area (Å²) in [6.07, 6.45) is 1.29. The van der Waals surface area contributed by atoms with Gasteiger partial charge in [-0.25, -0.2) is 0 Å². The Kier molecular flexibility index (Phi) is 4.87. The molecule has 0 amide bonds. The summed E-state index contributed by atoms with van der Waals surface area (Å²) in [5.41, 5.74) is 0. The Labute approximate surface area is 123 Å². The van der Waals surface area contributed by atoms with E-state index in [2.05, 4.69) is 27.7 Å². The van der Waals surface area contributed by atoms with Gasteiger partial charge in [0.25, 0.3) is 0 Å². The summed E-state index contributed by atoms with van der Waals surface area (Å²) in [4.78, 5) is 0. The second kappa shape index (κ2) is 5.78. The van der Waals surface area contributed by atoms with Gasteiger partial charge in [-0.05, 0) is 64.6 Å². The molecule has 2 rings (SSSR count). The standard InChI is InChI=1S/C15H34N2S2/c1-12-8-18(16,9-13(12)2)6-5-7-19(17)10-14(3)15(4)11-19/h12-15H,5-11,16-17H2,1-4H3. The fourth-order valence-corrected chi connectivity index (χ4v) is 11.9. The summed E-state index contributed by atoms with van der Waals surface area (Å²) in [5.74, 6) is 11.1. The molecule has 4 unspecified atom stereocenters. The first kappa shape index (κ1) is 16.0. The molecule has 4 heteroatoms. The van der Waals surface area contributed by atoms with Crippen molar-refractivity contribution in [3.63, 3.8) is 0 Å². The van der Waals surface area contributed by atoms with Crippen LogP contribution in [0.25, 0.3) is 0 Å². The smallest absolute Gasteiger partial charge is 0.00833 e. The molecule has 0 radical (unpaired) electrons. The van der Waals surface area contributed by atoms with Crippen LogP contribution in [0.5, 0.6) is 0 Å². The monoisotopic (exact) mass is 306 g/mol. The minimum atomic E-state index is -0.790. The Bertz CT molecular complexity index is 271. The van der Waals surface area contributed by atoms with Crippen LogP contribution < -0.4 is 10.3 Å². The summed E-state index contributed by atoms with van der Waals surface area (Å²) in [6, 6.07) is 0. The van der Waals surface area contributed by atoms with E-state index in [0.717, 1.165) is 23.7 Å². The molecule has 0 aromatic heterocycles. The Morgan fingerprint density at radius 1 is 0.684 bits per heavy atom. The van der Waals surface area contributed by atoms with Gasteiger partial charge >= 0.3 is 0 Å². The van der Waals surface area contributed by atoms with E-state index < -0.39 is 20.4 Å². The summed E-state index contributed by atoms with van der Waals surface area (Å²) < 4.78 is 0. The third-order valence-electron chi connectivity index (χ3n) is 5.42. The average Bonchev–Trinajstić information content (AvgIpc) is 2.65. The second-order valence-electron chi connectivity index (χ2n) is 7.56. The number of nitrogens with two attached hydrogens (primary N) is 2. The van der Waals surface area contributed by atoms with E-state index in [4.69, 9.17) is 10.3 Å². The first-order valence-electron chi connectivity index (χ1n) is 7.81. The van der Waals surface area contributed by atoms with Crippen LogP contribution in [0.3, 0.4) is 0 Å². The molecule has 0 bridgehead atoms. The molecule has 116 valence electrons. The van der Waals surface area contributed by atoms with Crippen LogP contribution in [0.4, 0.5) is 0 Å². The van der Waals surface area contributed by atoms with Crippen LogP contribution in [0.2, 0.25) is 0 Å². The SMILES string of the molecule is CC1CS(N)(CCCS2(N)CC(C)C(C)C2)CC1C. The maximum absolute atomic E-state index is 6.67. The van der Waals surface area contributed by atoms with Gasteiger partial charge in [0.05, 0.1) is 0 Å². The number of hydrogen-bond acceptors (Lipinski definition) is 2. The van der Waals surface area contributed by atoms with Gasteiger partial charge in [-0.1, -0.05) is 27.7 Å². The predicted molar refractivity (Wildman–Crippen MR) is 94.0 cm³/mol.